The lowest BCUT2D eigenvalue weighted by Crippen LogP contribution is -2.33. The van der Waals surface area contributed by atoms with E-state index in [1.165, 1.54) is 0 Å². The van der Waals surface area contributed by atoms with E-state index in [4.69, 9.17) is 19.3 Å². The monoisotopic (exact) mass is 459 g/mol. The van der Waals surface area contributed by atoms with Crippen molar-refractivity contribution in [3.8, 4) is 5.75 Å². The van der Waals surface area contributed by atoms with Gasteiger partial charge in [-0.25, -0.2) is 14.5 Å². The molecule has 34 heavy (non-hydrogen) atoms. The van der Waals surface area contributed by atoms with Crippen molar-refractivity contribution in [2.75, 3.05) is 18.1 Å². The van der Waals surface area contributed by atoms with E-state index in [9.17, 15) is 9.59 Å². The lowest BCUT2D eigenvalue weighted by atomic mass is 9.96. The first kappa shape index (κ1) is 22.0. The van der Waals surface area contributed by atoms with Gasteiger partial charge in [-0.2, -0.15) is 0 Å². The van der Waals surface area contributed by atoms with E-state index < -0.39 is 17.7 Å². The van der Waals surface area contributed by atoms with Gasteiger partial charge in [0.25, 0.3) is 0 Å². The summed E-state index contributed by atoms with van der Waals surface area (Å²) < 4.78 is 17.4. The first-order valence-electron chi connectivity index (χ1n) is 11.3. The van der Waals surface area contributed by atoms with Crippen LogP contribution in [0.15, 0.2) is 78.9 Å². The minimum Gasteiger partial charge on any atom is -0.482 e. The second-order valence-corrected chi connectivity index (χ2v) is 8.52. The van der Waals surface area contributed by atoms with Gasteiger partial charge in [0, 0.05) is 6.42 Å². The van der Waals surface area contributed by atoms with Crippen LogP contribution in [0.25, 0.3) is 0 Å². The fourth-order valence-electron chi connectivity index (χ4n) is 4.60. The maximum atomic E-state index is 13.3. The molecule has 1 N–H and O–H groups in total. The number of anilines is 2. The Morgan fingerprint density at radius 1 is 0.971 bits per heavy atom. The molecule has 0 spiro atoms. The molecule has 0 saturated carbocycles. The number of para-hydroxylation sites is 2. The van der Waals surface area contributed by atoms with Crippen molar-refractivity contribution in [1.82, 2.24) is 0 Å². The van der Waals surface area contributed by atoms with Crippen LogP contribution in [0, 0.1) is 0 Å². The van der Waals surface area contributed by atoms with Crippen LogP contribution < -0.4 is 9.64 Å². The van der Waals surface area contributed by atoms with Crippen molar-refractivity contribution < 1.29 is 28.9 Å². The lowest BCUT2D eigenvalue weighted by molar-refractivity contribution is -0.139. The summed E-state index contributed by atoms with van der Waals surface area (Å²) in [4.78, 5) is 25.7. The lowest BCUT2D eigenvalue weighted by Gasteiger charge is -2.23. The zero-order valence-electron chi connectivity index (χ0n) is 18.6. The van der Waals surface area contributed by atoms with Crippen LogP contribution in [0.1, 0.15) is 17.5 Å². The Hall–Kier alpha value is -3.84. The number of hydrogen-bond acceptors (Lipinski definition) is 5. The molecular weight excluding hydrogens is 434 g/mol. The highest BCUT2D eigenvalue weighted by Gasteiger charge is 2.58. The van der Waals surface area contributed by atoms with Crippen LogP contribution in [0.2, 0.25) is 0 Å². The van der Waals surface area contributed by atoms with Crippen LogP contribution in [0.3, 0.4) is 0 Å². The third kappa shape index (κ3) is 4.47. The first-order chi connectivity index (χ1) is 16.6. The fourth-order valence-corrected chi connectivity index (χ4v) is 4.60. The van der Waals surface area contributed by atoms with Crippen molar-refractivity contribution in [3.05, 3.63) is 90.0 Å². The molecular formula is C27H25NO6. The SMILES string of the molecule is O=C(O)COc1cccc2c1CCC1OC1(COC(=O)N(c1ccccc1)c1ccccc1)C2. The topological polar surface area (TPSA) is 88.6 Å². The molecule has 1 saturated heterocycles. The third-order valence-electron chi connectivity index (χ3n) is 6.29. The van der Waals surface area contributed by atoms with Gasteiger partial charge in [0.1, 0.15) is 18.0 Å². The first-order valence-corrected chi connectivity index (χ1v) is 11.3. The number of carboxylic acids is 1. The summed E-state index contributed by atoms with van der Waals surface area (Å²) in [5.74, 6) is -0.421. The van der Waals surface area contributed by atoms with Crippen molar-refractivity contribution in [2.24, 2.45) is 0 Å². The molecule has 2 unspecified atom stereocenters. The average Bonchev–Trinajstić information content (AvgIpc) is 3.56. The van der Waals surface area contributed by atoms with Crippen molar-refractivity contribution in [3.63, 3.8) is 0 Å². The van der Waals surface area contributed by atoms with Gasteiger partial charge in [-0.05, 0) is 54.3 Å². The predicted octanol–water partition coefficient (Wildman–Crippen LogP) is 4.75. The minimum absolute atomic E-state index is 0.0260. The number of ether oxygens (including phenoxy) is 3. The van der Waals surface area contributed by atoms with Crippen LogP contribution in [-0.4, -0.2) is 42.1 Å². The minimum atomic E-state index is -1.01. The molecule has 2 aliphatic rings. The van der Waals surface area contributed by atoms with Crippen molar-refractivity contribution >= 4 is 23.4 Å². The molecule has 1 amide bonds. The number of nitrogens with zero attached hydrogens (tertiary/aromatic N) is 1. The summed E-state index contributed by atoms with van der Waals surface area (Å²) in [6.07, 6.45) is 1.54. The van der Waals surface area contributed by atoms with Gasteiger partial charge >= 0.3 is 12.1 Å². The number of epoxide rings is 1. The molecule has 2 atom stereocenters. The predicted molar refractivity (Wildman–Crippen MR) is 126 cm³/mol. The number of hydrogen-bond donors (Lipinski definition) is 1. The second kappa shape index (κ2) is 9.19. The largest absolute Gasteiger partial charge is 0.482 e. The van der Waals surface area contributed by atoms with Crippen LogP contribution in [0.4, 0.5) is 16.2 Å². The summed E-state index contributed by atoms with van der Waals surface area (Å²) in [7, 11) is 0. The number of amides is 1. The number of carboxylic acid groups (broad SMARTS) is 1. The molecule has 1 aliphatic heterocycles. The molecule has 0 bridgehead atoms. The zero-order valence-corrected chi connectivity index (χ0v) is 18.6. The van der Waals surface area contributed by atoms with E-state index >= 15 is 0 Å². The fraction of sp³-hybridized carbons (Fsp3) is 0.259. The molecule has 7 nitrogen and oxygen atoms in total. The van der Waals surface area contributed by atoms with Crippen molar-refractivity contribution in [1.29, 1.82) is 0 Å². The van der Waals surface area contributed by atoms with Crippen LogP contribution in [0.5, 0.6) is 5.75 Å². The Kier molecular flexibility index (Phi) is 5.94. The van der Waals surface area contributed by atoms with Crippen molar-refractivity contribution in [2.45, 2.75) is 31.0 Å². The van der Waals surface area contributed by atoms with Gasteiger partial charge in [-0.3, -0.25) is 0 Å². The number of rotatable bonds is 7. The number of aliphatic carboxylic acids is 1. The Labute approximate surface area is 197 Å². The highest BCUT2D eigenvalue weighted by molar-refractivity contribution is 5.95. The molecule has 5 rings (SSSR count). The van der Waals surface area contributed by atoms with E-state index in [-0.39, 0.29) is 19.3 Å². The van der Waals surface area contributed by atoms with Gasteiger partial charge in [-0.1, -0.05) is 48.5 Å². The zero-order chi connectivity index (χ0) is 23.5. The molecule has 3 aromatic rings. The molecule has 1 fully saturated rings. The number of carbonyl (C=O) groups excluding carboxylic acids is 1. The van der Waals surface area contributed by atoms with E-state index in [0.29, 0.717) is 18.6 Å². The van der Waals surface area contributed by atoms with E-state index in [2.05, 4.69) is 0 Å². The van der Waals surface area contributed by atoms with Gasteiger partial charge in [0.2, 0.25) is 0 Å². The van der Waals surface area contributed by atoms with Gasteiger partial charge < -0.3 is 19.3 Å². The molecule has 174 valence electrons. The van der Waals surface area contributed by atoms with Gasteiger partial charge in [0.05, 0.1) is 17.5 Å². The summed E-state index contributed by atoms with van der Waals surface area (Å²) in [5, 5.41) is 8.96. The van der Waals surface area contributed by atoms with Crippen LogP contribution >= 0.6 is 0 Å². The molecule has 3 aromatic carbocycles. The second-order valence-electron chi connectivity index (χ2n) is 8.52. The summed E-state index contributed by atoms with van der Waals surface area (Å²) in [6, 6.07) is 24.4. The normalized spacial score (nSPS) is 20.3. The number of benzene rings is 3. The third-order valence-corrected chi connectivity index (χ3v) is 6.29. The van der Waals surface area contributed by atoms with Crippen LogP contribution in [-0.2, 0) is 27.1 Å². The highest BCUT2D eigenvalue weighted by atomic mass is 16.6. The van der Waals surface area contributed by atoms with E-state index in [0.717, 1.165) is 28.9 Å². The molecule has 7 heteroatoms. The Morgan fingerprint density at radius 3 is 2.29 bits per heavy atom. The molecule has 0 radical (unpaired) electrons. The molecule has 0 aromatic heterocycles. The van der Waals surface area contributed by atoms with Gasteiger partial charge in [0.15, 0.2) is 6.61 Å². The Balaban J connectivity index is 1.33. The standard InChI is InChI=1S/C27H25NO6/c29-25(30)17-32-23-13-7-8-19-16-27(24(34-27)15-14-22(19)23)18-33-26(31)28(20-9-3-1-4-10-20)21-11-5-2-6-12-21/h1-13,24H,14-18H2,(H,29,30). The van der Waals surface area contributed by atoms with E-state index in [1.54, 1.807) is 11.0 Å². The number of fused-ring (bicyclic) bond motifs is 2. The summed E-state index contributed by atoms with van der Waals surface area (Å²) >= 11 is 0. The number of carbonyl (C=O) groups is 2. The summed E-state index contributed by atoms with van der Waals surface area (Å²) in [5.41, 5.74) is 2.89. The van der Waals surface area contributed by atoms with E-state index in [1.807, 2.05) is 72.8 Å². The average molecular weight is 459 g/mol. The quantitative estimate of drug-likeness (QED) is 0.513. The Bertz CT molecular complexity index is 1140. The van der Waals surface area contributed by atoms with Gasteiger partial charge in [-0.15, -0.1) is 0 Å². The maximum absolute atomic E-state index is 13.3. The molecule has 1 aliphatic carbocycles. The highest BCUT2D eigenvalue weighted by Crippen LogP contribution is 2.47. The Morgan fingerprint density at radius 2 is 1.65 bits per heavy atom. The molecule has 1 heterocycles. The smallest absolute Gasteiger partial charge is 0.419 e. The maximum Gasteiger partial charge on any atom is 0.419 e. The summed E-state index contributed by atoms with van der Waals surface area (Å²) in [6.45, 7) is -0.250.